The summed E-state index contributed by atoms with van der Waals surface area (Å²) in [5.74, 6) is 0.271. The van der Waals surface area contributed by atoms with E-state index in [-0.39, 0.29) is 79.0 Å². The molecule has 8 heteroatoms. The number of fused-ring (bicyclic) bond motifs is 21. The smallest absolute Gasteiger partial charge is 0.252 e. The van der Waals surface area contributed by atoms with Gasteiger partial charge in [-0.2, -0.15) is 0 Å². The summed E-state index contributed by atoms with van der Waals surface area (Å²) in [6, 6.07) is 114. The molecule has 5 aliphatic heterocycles. The van der Waals surface area contributed by atoms with Crippen LogP contribution in [0.3, 0.4) is 0 Å². The Balaban J connectivity index is 0.651. The number of rotatable bonds is 9. The van der Waals surface area contributed by atoms with Crippen molar-refractivity contribution in [1.82, 2.24) is 0 Å². The van der Waals surface area contributed by atoms with E-state index < -0.39 is 5.41 Å². The van der Waals surface area contributed by atoms with Gasteiger partial charge in [0.2, 0.25) is 0 Å². The molecule has 6 aliphatic carbocycles. The normalized spacial score (nSPS) is 21.1. The van der Waals surface area contributed by atoms with E-state index in [2.05, 4.69) is 470 Å². The first kappa shape index (κ1) is 92.8. The Labute approximate surface area is 875 Å². The van der Waals surface area contributed by atoms with Crippen molar-refractivity contribution in [3.05, 3.63) is 368 Å². The number of furan rings is 1. The van der Waals surface area contributed by atoms with Gasteiger partial charge in [0.15, 0.2) is 0 Å². The molecule has 0 saturated heterocycles. The molecule has 0 N–H and O–H groups in total. The first-order valence-electron chi connectivity index (χ1n) is 55.7. The van der Waals surface area contributed by atoms with Gasteiger partial charge < -0.3 is 28.9 Å². The zero-order chi connectivity index (χ0) is 102. The Bertz CT molecular complexity index is 8330. The minimum atomic E-state index is -0.822. The van der Waals surface area contributed by atoms with Gasteiger partial charge in [-0.25, -0.2) is 0 Å². The Kier molecular flexibility index (Phi) is 19.6. The molecule has 11 aliphatic rings. The molecule has 15 aromatic carbocycles. The minimum Gasteiger partial charge on any atom is -0.456 e. The molecule has 2 atom stereocenters. The number of para-hydroxylation sites is 1. The summed E-state index contributed by atoms with van der Waals surface area (Å²) in [5.41, 5.74) is 53.3. The van der Waals surface area contributed by atoms with Gasteiger partial charge in [-0.05, 0) is 399 Å². The fraction of sp³-hybridized carbons (Fsp3) is 0.353. The average Bonchev–Trinajstić information content (AvgIpc) is 1.54. The monoisotopic (exact) mass is 1920 g/mol. The fourth-order valence-electron chi connectivity index (χ4n) is 30.8. The summed E-state index contributed by atoms with van der Waals surface area (Å²) >= 11 is 0. The minimum absolute atomic E-state index is 0.00827. The summed E-state index contributed by atoms with van der Waals surface area (Å²) in [5, 5.41) is 2.25. The second kappa shape index (κ2) is 31.0. The lowest BCUT2D eigenvalue weighted by Crippen LogP contribution is -2.62. The molecule has 2 unspecified atom stereocenters. The van der Waals surface area contributed by atoms with Crippen LogP contribution in [0.25, 0.3) is 44.2 Å². The highest BCUT2D eigenvalue weighted by molar-refractivity contribution is 7.01. The number of hydrogen-bond acceptors (Lipinski definition) is 6. The maximum absolute atomic E-state index is 6.76. The first-order valence-corrected chi connectivity index (χ1v) is 55.7. The topological polar surface area (TPSA) is 29.3 Å². The largest absolute Gasteiger partial charge is 0.456 e. The number of benzene rings is 15. The molecule has 0 spiro atoms. The predicted octanol–water partition coefficient (Wildman–Crippen LogP) is 33.6. The summed E-state index contributed by atoms with van der Waals surface area (Å²) in [4.78, 5) is 13.9. The van der Waals surface area contributed by atoms with Crippen molar-refractivity contribution in [3.63, 3.8) is 0 Å². The number of aryl methyl sites for hydroxylation is 1. The van der Waals surface area contributed by atoms with Gasteiger partial charge in [0.25, 0.3) is 13.4 Å². The Hall–Kier alpha value is -12.8. The third kappa shape index (κ3) is 13.1. The maximum atomic E-state index is 6.76. The lowest BCUT2D eigenvalue weighted by Gasteiger charge is -2.51. The summed E-state index contributed by atoms with van der Waals surface area (Å²) in [7, 11) is 0. The first-order chi connectivity index (χ1) is 69.9. The van der Waals surface area contributed by atoms with Gasteiger partial charge in [-0.15, -0.1) is 0 Å². The van der Waals surface area contributed by atoms with Crippen molar-refractivity contribution < 1.29 is 4.42 Å². The highest BCUT2D eigenvalue weighted by atomic mass is 16.3. The maximum Gasteiger partial charge on any atom is 0.252 e. The third-order valence-electron chi connectivity index (χ3n) is 40.1. The van der Waals surface area contributed by atoms with E-state index in [1.54, 1.807) is 0 Å². The molecule has 736 valence electrons. The van der Waals surface area contributed by atoms with Crippen LogP contribution in [0.5, 0.6) is 0 Å². The van der Waals surface area contributed by atoms with Gasteiger partial charge in [0.1, 0.15) is 11.2 Å². The van der Waals surface area contributed by atoms with Crippen LogP contribution in [0.2, 0.25) is 0 Å². The van der Waals surface area contributed by atoms with E-state index in [4.69, 9.17) is 4.42 Å². The van der Waals surface area contributed by atoms with Crippen LogP contribution in [0.4, 0.5) is 79.6 Å². The molecule has 0 radical (unpaired) electrons. The van der Waals surface area contributed by atoms with Crippen LogP contribution in [0.15, 0.2) is 283 Å². The predicted molar refractivity (Wildman–Crippen MR) is 626 cm³/mol. The van der Waals surface area contributed by atoms with Gasteiger partial charge in [-0.1, -0.05) is 317 Å². The second-order valence-electron chi connectivity index (χ2n) is 53.9. The van der Waals surface area contributed by atoms with Crippen molar-refractivity contribution in [3.8, 4) is 22.3 Å². The number of hydrogen-bond donors (Lipinski definition) is 0. The molecule has 27 rings (SSSR count). The molecule has 147 heavy (non-hydrogen) atoms. The van der Waals surface area contributed by atoms with Crippen molar-refractivity contribution in [2.75, 3.05) is 24.5 Å². The fourth-order valence-corrected chi connectivity index (χ4v) is 30.8. The van der Waals surface area contributed by atoms with E-state index in [0.29, 0.717) is 0 Å². The van der Waals surface area contributed by atoms with E-state index in [1.807, 2.05) is 0 Å². The van der Waals surface area contributed by atoms with Crippen molar-refractivity contribution >= 4 is 148 Å². The standard InChI is InChI=1S/C139H143B2N5O/c1-83(2)85-45-54-109-115(72-85)145(122-74-90(128(4,5)6)73-121-127(122)140(109)112-80-105-107(136(21,22)67-65-134(105,17)18)82-118(112)144(121)93-48-53-100-103(77-93)132(13,14)63-61-130(100,9)10)114-42-35-41-97-95-51-44-86(70-101(95)139(125(97)114,88-36-27-25-28-37-88)89-38-29-26-30-39-89)87-46-56-113-108(71-87)137(23)58-33-34-59-138(137,24)146(113)94-49-55-110-116(78-94)142(91-50-57-124-98(75-91)96-40-31-32-43-123(96)147-124)119-68-84(3)69-120-126(119)141(110)111-79-104-106(135(19,20)66-64-133(104,15)16)81-117(111)143(120)92-47-52-99-102(76-92)131(11,12)62-60-129(99,7)8/h25-32,35-57,68-83H,33-34,58-67H2,1-24H3. The van der Waals surface area contributed by atoms with Gasteiger partial charge in [0.05, 0.1) is 16.6 Å². The number of nitrogens with zero attached hydrogens (tertiary/aromatic N) is 5. The summed E-state index contributed by atoms with van der Waals surface area (Å²) < 4.78 is 6.76. The van der Waals surface area contributed by atoms with E-state index in [0.717, 1.165) is 91.8 Å². The van der Waals surface area contributed by atoms with Crippen LogP contribution in [-0.2, 0) is 59.6 Å². The van der Waals surface area contributed by atoms with E-state index in [9.17, 15) is 0 Å². The molecule has 1 fully saturated rings. The zero-order valence-electron chi connectivity index (χ0n) is 91.4. The van der Waals surface area contributed by atoms with Crippen molar-refractivity contribution in [2.45, 2.75) is 314 Å². The summed E-state index contributed by atoms with van der Waals surface area (Å²) in [6.07, 6.45) is 13.6. The second-order valence-corrected chi connectivity index (χ2v) is 53.9. The highest BCUT2D eigenvalue weighted by Gasteiger charge is 2.60. The Morgan fingerprint density at radius 1 is 0.293 bits per heavy atom. The van der Waals surface area contributed by atoms with Crippen LogP contribution in [-0.4, -0.2) is 19.0 Å². The molecule has 1 aromatic heterocycles. The lowest BCUT2D eigenvalue weighted by atomic mass is 9.33. The number of anilines is 14. The van der Waals surface area contributed by atoms with Crippen LogP contribution in [0.1, 0.15) is 331 Å². The van der Waals surface area contributed by atoms with E-state index in [1.165, 1.54) is 231 Å². The molecule has 1 saturated carbocycles. The van der Waals surface area contributed by atoms with Crippen molar-refractivity contribution in [2.24, 2.45) is 0 Å². The molecule has 16 aromatic rings. The molecule has 6 heterocycles. The molecule has 6 nitrogen and oxygen atoms in total. The van der Waals surface area contributed by atoms with Crippen molar-refractivity contribution in [1.29, 1.82) is 0 Å². The van der Waals surface area contributed by atoms with Gasteiger partial charge >= 0.3 is 0 Å². The SMILES string of the molecule is Cc1cc2c3c(c1)N(c1ccc4c(c1)C(C)(C)CCC4(C)C)c1cc4c(cc1B3c1ccc(N3c5ccc(-c6ccc7c(c6)C(c6ccccc6)(c6ccccc6)c6c-7cccc6N6c7cc(C(C)C)ccc7B7c8cc9c(cc8N(c8ccc%10c(c8)C(C)(C)CCC%10(C)C)c8cc(C(C)(C)C)cc6c87)C(C)(C)CCC9(C)C)cc5C5(C)CCCCC35C)cc1N2c1ccc2oc3ccccc3c2c1)C(C)(C)CCC4(C)C. The van der Waals surface area contributed by atoms with Crippen LogP contribution in [0, 0.1) is 6.92 Å². The Morgan fingerprint density at radius 3 is 1.27 bits per heavy atom. The molecular formula is C139H143B2N5O. The van der Waals surface area contributed by atoms with Gasteiger partial charge in [0, 0.05) is 95.7 Å². The molecule has 0 amide bonds. The zero-order valence-corrected chi connectivity index (χ0v) is 91.4. The lowest BCUT2D eigenvalue weighted by molar-refractivity contribution is 0.195. The molecular weight excluding hydrogens is 1780 g/mol. The van der Waals surface area contributed by atoms with Crippen LogP contribution < -0.4 is 57.3 Å². The van der Waals surface area contributed by atoms with Crippen LogP contribution >= 0.6 is 0 Å². The quantitative estimate of drug-likeness (QED) is 0.134. The van der Waals surface area contributed by atoms with E-state index >= 15 is 0 Å². The highest BCUT2D eigenvalue weighted by Crippen LogP contribution is 2.67. The summed E-state index contributed by atoms with van der Waals surface area (Å²) in [6.45, 7) is 59.7. The Morgan fingerprint density at radius 2 is 0.728 bits per heavy atom. The average molecular weight is 1920 g/mol. The molecule has 0 bridgehead atoms. The third-order valence-corrected chi connectivity index (χ3v) is 40.1. The van der Waals surface area contributed by atoms with Gasteiger partial charge in [-0.3, -0.25) is 0 Å².